The van der Waals surface area contributed by atoms with Crippen LogP contribution in [0.3, 0.4) is 0 Å². The molecule has 4 unspecified atom stereocenters. The molecule has 0 aliphatic rings. The van der Waals surface area contributed by atoms with Crippen molar-refractivity contribution in [2.75, 3.05) is 7.11 Å². The predicted molar refractivity (Wildman–Crippen MR) is 67.3 cm³/mol. The van der Waals surface area contributed by atoms with Crippen molar-refractivity contribution >= 4 is 5.97 Å². The molecule has 0 aliphatic carbocycles. The Kier molecular flexibility index (Phi) is 7.39. The van der Waals surface area contributed by atoms with Crippen LogP contribution in [0.5, 0.6) is 0 Å². The molecular formula is C13H27NO2. The fourth-order valence-electron chi connectivity index (χ4n) is 1.63. The van der Waals surface area contributed by atoms with Crippen molar-refractivity contribution in [1.29, 1.82) is 0 Å². The zero-order chi connectivity index (χ0) is 12.7. The summed E-state index contributed by atoms with van der Waals surface area (Å²) >= 11 is 0. The summed E-state index contributed by atoms with van der Waals surface area (Å²) in [7, 11) is 1.45. The molecule has 3 heteroatoms. The molecule has 4 atom stereocenters. The van der Waals surface area contributed by atoms with E-state index in [9.17, 15) is 4.79 Å². The maximum Gasteiger partial charge on any atom is 0.323 e. The minimum atomic E-state index is -0.181. The van der Waals surface area contributed by atoms with Gasteiger partial charge in [0.1, 0.15) is 6.04 Å². The molecule has 0 heterocycles. The van der Waals surface area contributed by atoms with Crippen molar-refractivity contribution in [1.82, 2.24) is 5.32 Å². The number of esters is 1. The van der Waals surface area contributed by atoms with Crippen LogP contribution < -0.4 is 5.32 Å². The first-order valence-corrected chi connectivity index (χ1v) is 6.31. The van der Waals surface area contributed by atoms with E-state index < -0.39 is 0 Å². The maximum absolute atomic E-state index is 11.7. The van der Waals surface area contributed by atoms with E-state index in [1.165, 1.54) is 7.11 Å². The zero-order valence-electron chi connectivity index (χ0n) is 11.5. The Morgan fingerprint density at radius 2 is 1.62 bits per heavy atom. The zero-order valence-corrected chi connectivity index (χ0v) is 11.5. The summed E-state index contributed by atoms with van der Waals surface area (Å²) in [6.07, 6.45) is 2.09. The van der Waals surface area contributed by atoms with Crippen LogP contribution in [0.1, 0.15) is 47.5 Å². The molecule has 1 N–H and O–H groups in total. The Morgan fingerprint density at radius 3 is 2.00 bits per heavy atom. The number of rotatable bonds is 7. The molecule has 0 fully saturated rings. The molecule has 0 rings (SSSR count). The first kappa shape index (κ1) is 15.4. The Labute approximate surface area is 99.9 Å². The quantitative estimate of drug-likeness (QED) is 0.682. The summed E-state index contributed by atoms with van der Waals surface area (Å²) < 4.78 is 4.85. The molecule has 3 nitrogen and oxygen atoms in total. The van der Waals surface area contributed by atoms with Crippen LogP contribution in [0, 0.1) is 11.8 Å². The van der Waals surface area contributed by atoms with E-state index in [0.717, 1.165) is 12.8 Å². The van der Waals surface area contributed by atoms with Crippen molar-refractivity contribution in [3.8, 4) is 0 Å². The molecule has 0 spiro atoms. The van der Waals surface area contributed by atoms with Crippen LogP contribution in [0.2, 0.25) is 0 Å². The van der Waals surface area contributed by atoms with Crippen LogP contribution in [0.15, 0.2) is 0 Å². The van der Waals surface area contributed by atoms with Crippen LogP contribution in [0.25, 0.3) is 0 Å². The van der Waals surface area contributed by atoms with Gasteiger partial charge in [-0.1, -0.05) is 40.5 Å². The monoisotopic (exact) mass is 229 g/mol. The van der Waals surface area contributed by atoms with Gasteiger partial charge >= 0.3 is 5.97 Å². The van der Waals surface area contributed by atoms with Gasteiger partial charge in [0.05, 0.1) is 7.11 Å². The summed E-state index contributed by atoms with van der Waals surface area (Å²) in [5.41, 5.74) is 0. The predicted octanol–water partition coefficient (Wildman–Crippen LogP) is 2.60. The van der Waals surface area contributed by atoms with Crippen LogP contribution in [0.4, 0.5) is 0 Å². The van der Waals surface area contributed by atoms with Crippen LogP contribution in [-0.2, 0) is 9.53 Å². The lowest BCUT2D eigenvalue weighted by Crippen LogP contribution is -2.48. The molecule has 0 aromatic rings. The van der Waals surface area contributed by atoms with Crippen LogP contribution >= 0.6 is 0 Å². The fourth-order valence-corrected chi connectivity index (χ4v) is 1.63. The van der Waals surface area contributed by atoms with E-state index in [2.05, 4.69) is 39.9 Å². The molecule has 0 radical (unpaired) electrons. The number of hydrogen-bond donors (Lipinski definition) is 1. The van der Waals surface area contributed by atoms with Gasteiger partial charge in [0.2, 0.25) is 0 Å². The third-order valence-electron chi connectivity index (χ3n) is 3.61. The summed E-state index contributed by atoms with van der Waals surface area (Å²) in [5.74, 6) is 0.722. The average Bonchev–Trinajstić information content (AvgIpc) is 2.32. The summed E-state index contributed by atoms with van der Waals surface area (Å²) in [6, 6.07) is 0.155. The summed E-state index contributed by atoms with van der Waals surface area (Å²) in [6.45, 7) is 10.7. The highest BCUT2D eigenvalue weighted by molar-refractivity contribution is 5.76. The van der Waals surface area contributed by atoms with E-state index in [4.69, 9.17) is 4.74 Å². The largest absolute Gasteiger partial charge is 0.468 e. The normalized spacial score (nSPS) is 18.6. The van der Waals surface area contributed by atoms with Gasteiger partial charge in [0, 0.05) is 6.04 Å². The highest BCUT2D eigenvalue weighted by atomic mass is 16.5. The van der Waals surface area contributed by atoms with Gasteiger partial charge in [-0.05, 0) is 18.8 Å². The standard InChI is InChI=1S/C13H27NO2/c1-7-9(3)11(5)14-12(10(4)8-2)13(15)16-6/h9-12,14H,7-8H2,1-6H3. The van der Waals surface area contributed by atoms with Crippen molar-refractivity contribution in [2.24, 2.45) is 11.8 Å². The minimum absolute atomic E-state index is 0.149. The molecule has 96 valence electrons. The van der Waals surface area contributed by atoms with Gasteiger partial charge in [-0.15, -0.1) is 0 Å². The second-order valence-electron chi connectivity index (χ2n) is 4.73. The van der Waals surface area contributed by atoms with E-state index in [1.807, 2.05) is 0 Å². The molecular weight excluding hydrogens is 202 g/mol. The molecule has 0 saturated heterocycles. The molecule has 0 saturated carbocycles. The highest BCUT2D eigenvalue weighted by Crippen LogP contribution is 2.14. The molecule has 0 amide bonds. The Morgan fingerprint density at radius 1 is 1.12 bits per heavy atom. The lowest BCUT2D eigenvalue weighted by atomic mass is 9.95. The molecule has 16 heavy (non-hydrogen) atoms. The van der Waals surface area contributed by atoms with Crippen molar-refractivity contribution in [3.63, 3.8) is 0 Å². The molecule has 0 aliphatic heterocycles. The topological polar surface area (TPSA) is 38.3 Å². The van der Waals surface area contributed by atoms with Gasteiger partial charge in [0.25, 0.3) is 0 Å². The van der Waals surface area contributed by atoms with Crippen LogP contribution in [-0.4, -0.2) is 25.2 Å². The van der Waals surface area contributed by atoms with Gasteiger partial charge in [0.15, 0.2) is 0 Å². The number of hydrogen-bond acceptors (Lipinski definition) is 3. The van der Waals surface area contributed by atoms with Gasteiger partial charge in [-0.25, -0.2) is 0 Å². The SMILES string of the molecule is CCC(C)C(C)NC(C(=O)OC)C(C)CC. The Hall–Kier alpha value is -0.570. The second kappa shape index (κ2) is 7.66. The number of carbonyl (C=O) groups excluding carboxylic acids is 1. The van der Waals surface area contributed by atoms with E-state index in [-0.39, 0.29) is 12.0 Å². The van der Waals surface area contributed by atoms with E-state index in [1.54, 1.807) is 0 Å². The first-order chi connectivity index (χ1) is 7.47. The van der Waals surface area contributed by atoms with E-state index in [0.29, 0.717) is 17.9 Å². The minimum Gasteiger partial charge on any atom is -0.468 e. The van der Waals surface area contributed by atoms with Gasteiger partial charge in [-0.2, -0.15) is 0 Å². The van der Waals surface area contributed by atoms with Crippen molar-refractivity contribution in [3.05, 3.63) is 0 Å². The highest BCUT2D eigenvalue weighted by Gasteiger charge is 2.27. The van der Waals surface area contributed by atoms with Crippen molar-refractivity contribution < 1.29 is 9.53 Å². The molecule has 0 bridgehead atoms. The van der Waals surface area contributed by atoms with Crippen molar-refractivity contribution in [2.45, 2.75) is 59.5 Å². The van der Waals surface area contributed by atoms with Gasteiger partial charge < -0.3 is 10.1 Å². The number of carbonyl (C=O) groups is 1. The third-order valence-corrected chi connectivity index (χ3v) is 3.61. The maximum atomic E-state index is 11.7. The summed E-state index contributed by atoms with van der Waals surface area (Å²) in [5, 5.41) is 3.39. The third kappa shape index (κ3) is 4.52. The fraction of sp³-hybridized carbons (Fsp3) is 0.923. The first-order valence-electron chi connectivity index (χ1n) is 6.31. The molecule has 0 aromatic carbocycles. The number of methoxy groups -OCH3 is 1. The molecule has 0 aromatic heterocycles. The van der Waals surface area contributed by atoms with E-state index >= 15 is 0 Å². The number of ether oxygens (including phenoxy) is 1. The van der Waals surface area contributed by atoms with Gasteiger partial charge in [-0.3, -0.25) is 4.79 Å². The smallest absolute Gasteiger partial charge is 0.323 e. The average molecular weight is 229 g/mol. The number of nitrogens with one attached hydrogen (secondary N) is 1. The second-order valence-corrected chi connectivity index (χ2v) is 4.73. The lowest BCUT2D eigenvalue weighted by molar-refractivity contribution is -0.144. The Balaban J connectivity index is 4.48. The summed E-state index contributed by atoms with van der Waals surface area (Å²) in [4.78, 5) is 11.7. The lowest BCUT2D eigenvalue weighted by Gasteiger charge is -2.28. The Bertz CT molecular complexity index is 206.